The van der Waals surface area contributed by atoms with Crippen LogP contribution in [-0.4, -0.2) is 17.5 Å². The highest BCUT2D eigenvalue weighted by molar-refractivity contribution is 7.99. The van der Waals surface area contributed by atoms with Crippen molar-refractivity contribution >= 4 is 11.8 Å². The Bertz CT molecular complexity index is 388. The Balaban J connectivity index is 2.09. The summed E-state index contributed by atoms with van der Waals surface area (Å²) in [5.41, 5.74) is 0.357. The molecule has 1 aliphatic rings. The molecule has 1 N–H and O–H groups in total. The summed E-state index contributed by atoms with van der Waals surface area (Å²) in [5.74, 6) is 2.00. The summed E-state index contributed by atoms with van der Waals surface area (Å²) in [6.07, 6.45) is -3.20. The largest absolute Gasteiger partial charge is 0.416 e. The number of nitrogens with one attached hydrogen (secondary N) is 1. The average Bonchev–Trinajstić information content (AvgIpc) is 2.38. The summed E-state index contributed by atoms with van der Waals surface area (Å²) in [4.78, 5) is 0. The second-order valence-electron chi connectivity index (χ2n) is 4.48. The van der Waals surface area contributed by atoms with Gasteiger partial charge in [-0.3, -0.25) is 0 Å². The van der Waals surface area contributed by atoms with Crippen LogP contribution in [0.5, 0.6) is 0 Å². The first-order valence-electron chi connectivity index (χ1n) is 6.01. The van der Waals surface area contributed by atoms with E-state index in [2.05, 4.69) is 12.2 Å². The molecule has 1 nitrogen and oxygen atoms in total. The summed E-state index contributed by atoms with van der Waals surface area (Å²) in [5, 5.41) is 3.48. The van der Waals surface area contributed by atoms with Gasteiger partial charge in [-0.05, 0) is 24.1 Å². The van der Waals surface area contributed by atoms with E-state index in [0.717, 1.165) is 35.6 Å². The Morgan fingerprint density at radius 1 is 1.22 bits per heavy atom. The third-order valence-electron chi connectivity index (χ3n) is 3.17. The third-order valence-corrected chi connectivity index (χ3v) is 4.38. The molecule has 0 spiro atoms. The molecule has 1 aromatic carbocycles. The Hall–Kier alpha value is -0.680. The van der Waals surface area contributed by atoms with Gasteiger partial charge in [0.1, 0.15) is 0 Å². The lowest BCUT2D eigenvalue weighted by Gasteiger charge is -2.30. The molecule has 0 amide bonds. The van der Waals surface area contributed by atoms with Crippen LogP contribution in [-0.2, 0) is 6.18 Å². The zero-order valence-corrected chi connectivity index (χ0v) is 10.9. The van der Waals surface area contributed by atoms with E-state index < -0.39 is 11.7 Å². The molecule has 0 radical (unpaired) electrons. The van der Waals surface area contributed by atoms with Gasteiger partial charge < -0.3 is 5.32 Å². The monoisotopic (exact) mass is 275 g/mol. The van der Waals surface area contributed by atoms with Crippen molar-refractivity contribution in [3.63, 3.8) is 0 Å². The minimum atomic E-state index is -4.25. The highest BCUT2D eigenvalue weighted by Gasteiger charge is 2.30. The number of alkyl halides is 3. The zero-order chi connectivity index (χ0) is 13.2. The van der Waals surface area contributed by atoms with E-state index in [1.807, 2.05) is 11.8 Å². The maximum atomic E-state index is 12.5. The van der Waals surface area contributed by atoms with Crippen molar-refractivity contribution in [2.45, 2.75) is 31.6 Å². The van der Waals surface area contributed by atoms with Crippen LogP contribution in [0.4, 0.5) is 13.2 Å². The summed E-state index contributed by atoms with van der Waals surface area (Å²) in [7, 11) is 0. The number of benzene rings is 1. The summed E-state index contributed by atoms with van der Waals surface area (Å²) >= 11 is 1.86. The molecule has 2 atom stereocenters. The van der Waals surface area contributed by atoms with Gasteiger partial charge in [0.15, 0.2) is 0 Å². The standard InChI is InChI=1S/C13H16F3NS/c1-2-11-7-18-8-12(17-11)9-3-5-10(6-4-9)13(14,15)16/h3-6,11-12,17H,2,7-8H2,1H3. The van der Waals surface area contributed by atoms with Gasteiger partial charge >= 0.3 is 6.18 Å². The highest BCUT2D eigenvalue weighted by Crippen LogP contribution is 2.31. The lowest BCUT2D eigenvalue weighted by Crippen LogP contribution is -2.39. The topological polar surface area (TPSA) is 12.0 Å². The van der Waals surface area contributed by atoms with Gasteiger partial charge in [0, 0.05) is 23.6 Å². The third kappa shape index (κ3) is 3.20. The van der Waals surface area contributed by atoms with E-state index in [4.69, 9.17) is 0 Å². The van der Waals surface area contributed by atoms with E-state index in [1.54, 1.807) is 12.1 Å². The van der Waals surface area contributed by atoms with E-state index in [9.17, 15) is 13.2 Å². The van der Waals surface area contributed by atoms with Crippen LogP contribution < -0.4 is 5.32 Å². The normalized spacial score (nSPS) is 25.1. The van der Waals surface area contributed by atoms with E-state index >= 15 is 0 Å². The van der Waals surface area contributed by atoms with Crippen molar-refractivity contribution in [3.8, 4) is 0 Å². The molecule has 0 saturated carbocycles. The molecule has 100 valence electrons. The van der Waals surface area contributed by atoms with Gasteiger partial charge in [0.05, 0.1) is 5.56 Å². The van der Waals surface area contributed by atoms with Crippen LogP contribution in [0.2, 0.25) is 0 Å². The molecule has 0 bridgehead atoms. The first kappa shape index (κ1) is 13.7. The van der Waals surface area contributed by atoms with Crippen LogP contribution in [0.3, 0.4) is 0 Å². The van der Waals surface area contributed by atoms with E-state index in [0.29, 0.717) is 6.04 Å². The number of rotatable bonds is 2. The van der Waals surface area contributed by atoms with Crippen LogP contribution >= 0.6 is 11.8 Å². The van der Waals surface area contributed by atoms with Gasteiger partial charge in [-0.1, -0.05) is 19.1 Å². The first-order valence-corrected chi connectivity index (χ1v) is 7.17. The lowest BCUT2D eigenvalue weighted by molar-refractivity contribution is -0.137. The van der Waals surface area contributed by atoms with E-state index in [-0.39, 0.29) is 6.04 Å². The highest BCUT2D eigenvalue weighted by atomic mass is 32.2. The number of thioether (sulfide) groups is 1. The maximum absolute atomic E-state index is 12.5. The van der Waals surface area contributed by atoms with Crippen molar-refractivity contribution in [2.24, 2.45) is 0 Å². The number of hydrogen-bond acceptors (Lipinski definition) is 2. The van der Waals surface area contributed by atoms with Crippen molar-refractivity contribution in [2.75, 3.05) is 11.5 Å². The molecule has 0 aliphatic carbocycles. The van der Waals surface area contributed by atoms with Gasteiger partial charge in [0.25, 0.3) is 0 Å². The fraction of sp³-hybridized carbons (Fsp3) is 0.538. The Morgan fingerprint density at radius 3 is 2.44 bits per heavy atom. The quantitative estimate of drug-likeness (QED) is 0.879. The fourth-order valence-corrected chi connectivity index (χ4v) is 3.32. The molecule has 18 heavy (non-hydrogen) atoms. The molecule has 1 aliphatic heterocycles. The summed E-state index contributed by atoms with van der Waals surface area (Å²) in [6.45, 7) is 2.12. The molecule has 0 aromatic heterocycles. The van der Waals surface area contributed by atoms with Crippen molar-refractivity contribution < 1.29 is 13.2 Å². The molecule has 1 fully saturated rings. The molecule has 2 unspecified atom stereocenters. The molecule has 5 heteroatoms. The maximum Gasteiger partial charge on any atom is 0.416 e. The van der Waals surface area contributed by atoms with Crippen LogP contribution in [0, 0.1) is 0 Å². The van der Waals surface area contributed by atoms with Crippen molar-refractivity contribution in [3.05, 3.63) is 35.4 Å². The van der Waals surface area contributed by atoms with Gasteiger partial charge in [-0.25, -0.2) is 0 Å². The Morgan fingerprint density at radius 2 is 1.89 bits per heavy atom. The second kappa shape index (κ2) is 5.53. The van der Waals surface area contributed by atoms with Crippen LogP contribution in [0.1, 0.15) is 30.5 Å². The fourth-order valence-electron chi connectivity index (χ4n) is 2.04. The zero-order valence-electron chi connectivity index (χ0n) is 10.1. The predicted molar refractivity (Wildman–Crippen MR) is 68.7 cm³/mol. The van der Waals surface area contributed by atoms with E-state index in [1.165, 1.54) is 0 Å². The smallest absolute Gasteiger partial charge is 0.306 e. The molecule has 1 heterocycles. The minimum Gasteiger partial charge on any atom is -0.306 e. The number of hydrogen-bond donors (Lipinski definition) is 1. The van der Waals surface area contributed by atoms with Crippen molar-refractivity contribution in [1.82, 2.24) is 5.32 Å². The van der Waals surface area contributed by atoms with Gasteiger partial charge in [0.2, 0.25) is 0 Å². The molecule has 1 saturated heterocycles. The molecule has 2 rings (SSSR count). The Labute approximate surface area is 109 Å². The summed E-state index contributed by atoms with van der Waals surface area (Å²) in [6, 6.07) is 6.11. The number of halogens is 3. The average molecular weight is 275 g/mol. The van der Waals surface area contributed by atoms with Crippen LogP contribution in [0.25, 0.3) is 0 Å². The van der Waals surface area contributed by atoms with Crippen LogP contribution in [0.15, 0.2) is 24.3 Å². The summed E-state index contributed by atoms with van der Waals surface area (Å²) < 4.78 is 37.4. The SMILES string of the molecule is CCC1CSCC(c2ccc(C(F)(F)F)cc2)N1. The first-order chi connectivity index (χ1) is 8.50. The molecule has 1 aromatic rings. The minimum absolute atomic E-state index is 0.163. The molecular formula is C13H16F3NS. The van der Waals surface area contributed by atoms with Gasteiger partial charge in [-0.2, -0.15) is 24.9 Å². The Kier molecular flexibility index (Phi) is 4.22. The molecular weight excluding hydrogens is 259 g/mol. The second-order valence-corrected chi connectivity index (χ2v) is 5.56. The predicted octanol–water partition coefficient (Wildman–Crippen LogP) is 3.86. The van der Waals surface area contributed by atoms with Crippen molar-refractivity contribution in [1.29, 1.82) is 0 Å². The van der Waals surface area contributed by atoms with Gasteiger partial charge in [-0.15, -0.1) is 0 Å². The lowest BCUT2D eigenvalue weighted by atomic mass is 10.0.